The Morgan fingerprint density at radius 3 is 2.55 bits per heavy atom. The summed E-state index contributed by atoms with van der Waals surface area (Å²) in [5.41, 5.74) is 0.616. The van der Waals surface area contributed by atoms with Crippen molar-refractivity contribution >= 4 is 23.7 Å². The molecule has 2 aromatic rings. The summed E-state index contributed by atoms with van der Waals surface area (Å²) in [6.07, 6.45) is -4.47. The predicted octanol–water partition coefficient (Wildman–Crippen LogP) is 3.07. The molecule has 0 bridgehead atoms. The van der Waals surface area contributed by atoms with Crippen LogP contribution in [0.5, 0.6) is 0 Å². The highest BCUT2D eigenvalue weighted by atomic mass is 32.2. The molecule has 3 rings (SSSR count). The van der Waals surface area contributed by atoms with Crippen LogP contribution in [0.1, 0.15) is 17.7 Å². The van der Waals surface area contributed by atoms with Gasteiger partial charge in [-0.1, -0.05) is 42.1 Å². The fourth-order valence-corrected chi connectivity index (χ4v) is 3.92. The number of anilines is 1. The molecule has 0 N–H and O–H groups in total. The summed E-state index contributed by atoms with van der Waals surface area (Å²) in [6.45, 7) is 2.22. The van der Waals surface area contributed by atoms with Gasteiger partial charge >= 0.3 is 12.1 Å². The van der Waals surface area contributed by atoms with Crippen LogP contribution in [0.25, 0.3) is 0 Å². The normalized spacial score (nSPS) is 15.9. The first-order chi connectivity index (χ1) is 13.9. The lowest BCUT2D eigenvalue weighted by Crippen LogP contribution is -2.38. The molecule has 0 amide bonds. The maximum atomic E-state index is 13.3. The Kier molecular flexibility index (Phi) is 7.01. The average Bonchev–Trinajstić information content (AvgIpc) is 3.08. The lowest BCUT2D eigenvalue weighted by Gasteiger charge is -2.28. The van der Waals surface area contributed by atoms with Crippen LogP contribution in [-0.2, 0) is 20.8 Å². The Labute approximate surface area is 170 Å². The molecule has 1 unspecified atom stereocenters. The minimum atomic E-state index is -4.47. The third-order valence-electron chi connectivity index (χ3n) is 4.15. The van der Waals surface area contributed by atoms with Gasteiger partial charge in [-0.15, -0.1) is 10.2 Å². The zero-order chi connectivity index (χ0) is 20.9. The zero-order valence-corrected chi connectivity index (χ0v) is 16.6. The molecule has 1 fully saturated rings. The molecule has 158 valence electrons. The van der Waals surface area contributed by atoms with Crippen LogP contribution in [0.15, 0.2) is 35.5 Å². The molecular formula is C18H21F3N4O3S. The number of rotatable bonds is 7. The molecule has 0 saturated carbocycles. The number of aromatic nitrogens is 3. The van der Waals surface area contributed by atoms with E-state index in [-0.39, 0.29) is 17.7 Å². The minimum Gasteiger partial charge on any atom is -0.465 e. The van der Waals surface area contributed by atoms with Crippen LogP contribution in [0.2, 0.25) is 0 Å². The fraction of sp³-hybridized carbons (Fsp3) is 0.500. The second kappa shape index (κ2) is 9.49. The molecule has 1 aliphatic heterocycles. The third kappa shape index (κ3) is 5.63. The van der Waals surface area contributed by atoms with Gasteiger partial charge in [0.25, 0.3) is 0 Å². The molecule has 0 radical (unpaired) electrons. The van der Waals surface area contributed by atoms with Crippen molar-refractivity contribution in [1.29, 1.82) is 0 Å². The van der Waals surface area contributed by atoms with E-state index >= 15 is 0 Å². The molecular weight excluding hydrogens is 409 g/mol. The molecule has 1 saturated heterocycles. The van der Waals surface area contributed by atoms with E-state index in [1.807, 2.05) is 0 Å². The van der Waals surface area contributed by atoms with Gasteiger partial charge in [-0.3, -0.25) is 9.36 Å². The molecule has 0 aliphatic carbocycles. The van der Waals surface area contributed by atoms with Crippen molar-refractivity contribution in [3.05, 3.63) is 35.9 Å². The summed E-state index contributed by atoms with van der Waals surface area (Å²) >= 11 is 0.899. The molecule has 1 aromatic carbocycles. The zero-order valence-electron chi connectivity index (χ0n) is 15.8. The van der Waals surface area contributed by atoms with Crippen molar-refractivity contribution in [2.45, 2.75) is 30.1 Å². The van der Waals surface area contributed by atoms with Crippen molar-refractivity contribution in [1.82, 2.24) is 14.8 Å². The Morgan fingerprint density at radius 1 is 1.24 bits per heavy atom. The van der Waals surface area contributed by atoms with Gasteiger partial charge < -0.3 is 14.4 Å². The van der Waals surface area contributed by atoms with Crippen molar-refractivity contribution in [3.63, 3.8) is 0 Å². The first kappa shape index (κ1) is 21.4. The molecule has 7 nitrogen and oxygen atoms in total. The van der Waals surface area contributed by atoms with Crippen molar-refractivity contribution in [3.8, 4) is 0 Å². The minimum absolute atomic E-state index is 0.00530. The molecule has 1 aliphatic rings. The largest absolute Gasteiger partial charge is 0.465 e. The van der Waals surface area contributed by atoms with Crippen LogP contribution in [-0.4, -0.2) is 59.8 Å². The van der Waals surface area contributed by atoms with Gasteiger partial charge in [0.2, 0.25) is 5.95 Å². The summed E-state index contributed by atoms with van der Waals surface area (Å²) in [5.74, 6) is -0.429. The van der Waals surface area contributed by atoms with Crippen molar-refractivity contribution in [2.75, 3.05) is 37.8 Å². The number of benzene rings is 1. The highest BCUT2D eigenvalue weighted by Gasteiger charge is 2.34. The van der Waals surface area contributed by atoms with Gasteiger partial charge in [0.05, 0.1) is 19.8 Å². The first-order valence-corrected chi connectivity index (χ1v) is 9.98. The maximum Gasteiger partial charge on any atom is 0.406 e. The van der Waals surface area contributed by atoms with Gasteiger partial charge in [0.1, 0.15) is 11.8 Å². The Balaban J connectivity index is 1.94. The second-order valence-corrected chi connectivity index (χ2v) is 7.32. The Hall–Kier alpha value is -2.27. The van der Waals surface area contributed by atoms with Crippen LogP contribution < -0.4 is 4.90 Å². The quantitative estimate of drug-likeness (QED) is 0.494. The van der Waals surface area contributed by atoms with E-state index in [0.717, 1.165) is 16.3 Å². The van der Waals surface area contributed by atoms with Crippen LogP contribution >= 0.6 is 11.8 Å². The molecule has 11 heteroatoms. The number of halogens is 3. The van der Waals surface area contributed by atoms with E-state index in [9.17, 15) is 18.0 Å². The standard InChI is InChI=1S/C18H21F3N4O3S/c1-2-28-15(26)14(13-6-4-3-5-7-13)29-17-23-22-16(24-8-10-27-11-9-24)25(17)12-18(19,20)21/h3-7,14H,2,8-12H2,1H3. The van der Waals surface area contributed by atoms with E-state index < -0.39 is 23.9 Å². The summed E-state index contributed by atoms with van der Waals surface area (Å²) < 4.78 is 51.2. The smallest absolute Gasteiger partial charge is 0.406 e. The number of thioether (sulfide) groups is 1. The highest BCUT2D eigenvalue weighted by molar-refractivity contribution is 8.00. The van der Waals surface area contributed by atoms with E-state index in [4.69, 9.17) is 9.47 Å². The van der Waals surface area contributed by atoms with E-state index in [0.29, 0.717) is 31.9 Å². The van der Waals surface area contributed by atoms with Gasteiger partial charge in [-0.2, -0.15) is 13.2 Å². The monoisotopic (exact) mass is 430 g/mol. The van der Waals surface area contributed by atoms with Crippen LogP contribution in [0.3, 0.4) is 0 Å². The van der Waals surface area contributed by atoms with E-state index in [1.54, 1.807) is 42.2 Å². The lowest BCUT2D eigenvalue weighted by atomic mass is 10.1. The second-order valence-electron chi connectivity index (χ2n) is 6.24. The van der Waals surface area contributed by atoms with Crippen LogP contribution in [0, 0.1) is 0 Å². The summed E-state index contributed by atoms with van der Waals surface area (Å²) in [7, 11) is 0. The van der Waals surface area contributed by atoms with Crippen molar-refractivity contribution < 1.29 is 27.4 Å². The molecule has 1 aromatic heterocycles. The molecule has 1 atom stereocenters. The number of alkyl halides is 3. The fourth-order valence-electron chi connectivity index (χ4n) is 2.89. The van der Waals surface area contributed by atoms with Gasteiger partial charge in [-0.05, 0) is 12.5 Å². The highest BCUT2D eigenvalue weighted by Crippen LogP contribution is 2.37. The predicted molar refractivity (Wildman–Crippen MR) is 101 cm³/mol. The maximum absolute atomic E-state index is 13.3. The third-order valence-corrected chi connectivity index (χ3v) is 5.37. The van der Waals surface area contributed by atoms with Gasteiger partial charge in [0, 0.05) is 13.1 Å². The molecule has 29 heavy (non-hydrogen) atoms. The number of esters is 1. The molecule has 2 heterocycles. The van der Waals surface area contributed by atoms with Crippen molar-refractivity contribution in [2.24, 2.45) is 0 Å². The number of carbonyl (C=O) groups excluding carboxylic acids is 1. The topological polar surface area (TPSA) is 69.5 Å². The van der Waals surface area contributed by atoms with Gasteiger partial charge in [0.15, 0.2) is 5.16 Å². The van der Waals surface area contributed by atoms with E-state index in [2.05, 4.69) is 10.2 Å². The SMILES string of the molecule is CCOC(=O)C(Sc1nnc(N2CCOCC2)n1CC(F)(F)F)c1ccccc1. The summed E-state index contributed by atoms with van der Waals surface area (Å²) in [4.78, 5) is 14.2. The number of ether oxygens (including phenoxy) is 2. The Bertz CT molecular complexity index is 810. The summed E-state index contributed by atoms with van der Waals surface area (Å²) in [5, 5.41) is 7.10. The lowest BCUT2D eigenvalue weighted by molar-refractivity contribution is -0.142. The van der Waals surface area contributed by atoms with Gasteiger partial charge in [-0.25, -0.2) is 0 Å². The number of carbonyl (C=O) groups is 1. The Morgan fingerprint density at radius 2 is 1.93 bits per heavy atom. The summed E-state index contributed by atoms with van der Waals surface area (Å²) in [6, 6.07) is 8.74. The number of morpholine rings is 1. The average molecular weight is 430 g/mol. The number of hydrogen-bond donors (Lipinski definition) is 0. The first-order valence-electron chi connectivity index (χ1n) is 9.10. The number of hydrogen-bond acceptors (Lipinski definition) is 7. The van der Waals surface area contributed by atoms with Crippen LogP contribution in [0.4, 0.5) is 19.1 Å². The van der Waals surface area contributed by atoms with E-state index in [1.165, 1.54) is 0 Å². The number of nitrogens with zero attached hydrogens (tertiary/aromatic N) is 4. The molecule has 0 spiro atoms.